The van der Waals surface area contributed by atoms with Crippen molar-refractivity contribution in [3.8, 4) is 11.8 Å². The fourth-order valence-corrected chi connectivity index (χ4v) is 2.96. The van der Waals surface area contributed by atoms with Crippen molar-refractivity contribution in [1.82, 2.24) is 9.97 Å². The fraction of sp³-hybridized carbons (Fsp3) is 0.353. The number of hydrogen-bond donors (Lipinski definition) is 0. The van der Waals surface area contributed by atoms with Crippen molar-refractivity contribution in [2.45, 2.75) is 18.8 Å². The van der Waals surface area contributed by atoms with Crippen LogP contribution in [0.15, 0.2) is 36.7 Å². The molecule has 0 amide bonds. The molecule has 1 fully saturated rings. The van der Waals surface area contributed by atoms with E-state index in [0.717, 1.165) is 31.7 Å². The molecule has 0 spiro atoms. The minimum absolute atomic E-state index is 0.405. The maximum absolute atomic E-state index is 9.14. The molecule has 1 aliphatic heterocycles. The zero-order valence-corrected chi connectivity index (χ0v) is 12.6. The molecule has 2 heterocycles. The van der Waals surface area contributed by atoms with Gasteiger partial charge in [-0.25, -0.2) is 9.97 Å². The third kappa shape index (κ3) is 2.86. The zero-order chi connectivity index (χ0) is 15.4. The first-order valence-electron chi connectivity index (χ1n) is 7.42. The van der Waals surface area contributed by atoms with Gasteiger partial charge < -0.3 is 9.64 Å². The molecule has 0 bridgehead atoms. The lowest BCUT2D eigenvalue weighted by atomic mass is 9.89. The van der Waals surface area contributed by atoms with Crippen molar-refractivity contribution >= 4 is 5.82 Å². The van der Waals surface area contributed by atoms with E-state index in [-0.39, 0.29) is 0 Å². The van der Waals surface area contributed by atoms with Crippen LogP contribution in [0.3, 0.4) is 0 Å². The van der Waals surface area contributed by atoms with Gasteiger partial charge in [-0.15, -0.1) is 0 Å². The summed E-state index contributed by atoms with van der Waals surface area (Å²) < 4.78 is 5.30. The molecule has 1 aromatic heterocycles. The molecule has 0 aliphatic carbocycles. The summed E-state index contributed by atoms with van der Waals surface area (Å²) in [5, 5.41) is 9.14. The molecule has 0 unspecified atom stereocenters. The lowest BCUT2D eigenvalue weighted by Gasteiger charge is -2.33. The number of anilines is 1. The highest BCUT2D eigenvalue weighted by molar-refractivity contribution is 5.50. The van der Waals surface area contributed by atoms with Crippen molar-refractivity contribution < 1.29 is 4.74 Å². The Balaban J connectivity index is 1.71. The van der Waals surface area contributed by atoms with Gasteiger partial charge in [-0.3, -0.25) is 0 Å². The zero-order valence-electron chi connectivity index (χ0n) is 12.6. The molecule has 112 valence electrons. The third-order valence-electron chi connectivity index (χ3n) is 4.14. The highest BCUT2D eigenvalue weighted by atomic mass is 16.5. The van der Waals surface area contributed by atoms with Gasteiger partial charge in [0.2, 0.25) is 0 Å². The second kappa shape index (κ2) is 6.44. The molecule has 0 saturated carbocycles. The van der Waals surface area contributed by atoms with E-state index in [2.05, 4.69) is 33.1 Å². The topological polar surface area (TPSA) is 62.0 Å². The number of nitrogens with zero attached hydrogens (tertiary/aromatic N) is 4. The maximum atomic E-state index is 9.14. The lowest BCUT2D eigenvalue weighted by Crippen LogP contribution is -2.34. The Morgan fingerprint density at radius 2 is 2.00 bits per heavy atom. The van der Waals surface area contributed by atoms with Crippen LogP contribution < -0.4 is 9.64 Å². The van der Waals surface area contributed by atoms with Gasteiger partial charge in [0.15, 0.2) is 11.5 Å². The first-order chi connectivity index (χ1) is 10.8. The normalized spacial score (nSPS) is 15.4. The van der Waals surface area contributed by atoms with Gasteiger partial charge in [-0.2, -0.15) is 5.26 Å². The molecule has 3 rings (SSSR count). The molecular weight excluding hydrogens is 276 g/mol. The van der Waals surface area contributed by atoms with Crippen LogP contribution in [0.1, 0.15) is 30.0 Å². The van der Waals surface area contributed by atoms with E-state index in [1.54, 1.807) is 19.5 Å². The molecule has 1 saturated heterocycles. The molecule has 1 aliphatic rings. The Morgan fingerprint density at radius 3 is 2.73 bits per heavy atom. The molecule has 5 heteroatoms. The molecule has 0 atom stereocenters. The Labute approximate surface area is 130 Å². The van der Waals surface area contributed by atoms with Gasteiger partial charge in [-0.1, -0.05) is 12.1 Å². The van der Waals surface area contributed by atoms with Gasteiger partial charge >= 0.3 is 0 Å². The Kier molecular flexibility index (Phi) is 4.19. The third-order valence-corrected chi connectivity index (χ3v) is 4.14. The highest BCUT2D eigenvalue weighted by Gasteiger charge is 2.23. The second-order valence-corrected chi connectivity index (χ2v) is 5.38. The number of rotatable bonds is 3. The SMILES string of the molecule is COc1cccc(C2CCN(c3nccnc3C#N)CC2)c1. The number of ether oxygens (including phenoxy) is 1. The van der Waals surface area contributed by atoms with Crippen LogP contribution in [0.25, 0.3) is 0 Å². The van der Waals surface area contributed by atoms with E-state index >= 15 is 0 Å². The second-order valence-electron chi connectivity index (χ2n) is 5.38. The molecule has 5 nitrogen and oxygen atoms in total. The summed E-state index contributed by atoms with van der Waals surface area (Å²) in [6, 6.07) is 10.4. The monoisotopic (exact) mass is 294 g/mol. The minimum Gasteiger partial charge on any atom is -0.497 e. The first-order valence-corrected chi connectivity index (χ1v) is 7.42. The predicted molar refractivity (Wildman–Crippen MR) is 83.9 cm³/mol. The Hall–Kier alpha value is -2.61. The average molecular weight is 294 g/mol. The van der Waals surface area contributed by atoms with Crippen LogP contribution in [-0.2, 0) is 0 Å². The van der Waals surface area contributed by atoms with E-state index in [9.17, 15) is 0 Å². The number of aromatic nitrogens is 2. The van der Waals surface area contributed by atoms with Crippen LogP contribution in [0.4, 0.5) is 5.82 Å². The summed E-state index contributed by atoms with van der Waals surface area (Å²) in [5.41, 5.74) is 1.72. The Morgan fingerprint density at radius 1 is 1.23 bits per heavy atom. The van der Waals surface area contributed by atoms with E-state index in [4.69, 9.17) is 10.00 Å². The van der Waals surface area contributed by atoms with Gasteiger partial charge in [0, 0.05) is 25.5 Å². The van der Waals surface area contributed by atoms with Crippen LogP contribution in [0.5, 0.6) is 5.75 Å². The van der Waals surface area contributed by atoms with Crippen molar-refractivity contribution in [2.24, 2.45) is 0 Å². The quantitative estimate of drug-likeness (QED) is 0.871. The summed E-state index contributed by atoms with van der Waals surface area (Å²) in [6.45, 7) is 1.77. The average Bonchev–Trinajstić information content (AvgIpc) is 2.62. The fourth-order valence-electron chi connectivity index (χ4n) is 2.96. The van der Waals surface area contributed by atoms with E-state index in [1.807, 2.05) is 12.1 Å². The summed E-state index contributed by atoms with van der Waals surface area (Å²) >= 11 is 0. The van der Waals surface area contributed by atoms with Crippen LogP contribution in [0, 0.1) is 11.3 Å². The largest absolute Gasteiger partial charge is 0.497 e. The van der Waals surface area contributed by atoms with E-state index in [0.29, 0.717) is 17.4 Å². The summed E-state index contributed by atoms with van der Waals surface area (Å²) in [4.78, 5) is 10.6. The molecule has 22 heavy (non-hydrogen) atoms. The van der Waals surface area contributed by atoms with Crippen molar-refractivity contribution in [3.63, 3.8) is 0 Å². The van der Waals surface area contributed by atoms with Crippen LogP contribution in [0.2, 0.25) is 0 Å². The standard InChI is InChI=1S/C17H18N4O/c1-22-15-4-2-3-14(11-15)13-5-9-21(10-6-13)17-16(12-18)19-7-8-20-17/h2-4,7-8,11,13H,5-6,9-10H2,1H3. The summed E-state index contributed by atoms with van der Waals surface area (Å²) in [5.74, 6) is 2.13. The molecule has 0 radical (unpaired) electrons. The molecular formula is C17H18N4O. The van der Waals surface area contributed by atoms with Gasteiger partial charge in [0.1, 0.15) is 11.8 Å². The number of benzene rings is 1. The predicted octanol–water partition coefficient (Wildman–Crippen LogP) is 2.74. The molecule has 1 aromatic carbocycles. The van der Waals surface area contributed by atoms with E-state index < -0.39 is 0 Å². The summed E-state index contributed by atoms with van der Waals surface area (Å²) in [7, 11) is 1.69. The number of hydrogen-bond acceptors (Lipinski definition) is 5. The van der Waals surface area contributed by atoms with Gasteiger partial charge in [0.25, 0.3) is 0 Å². The van der Waals surface area contributed by atoms with Gasteiger partial charge in [0.05, 0.1) is 7.11 Å². The number of methoxy groups -OCH3 is 1. The van der Waals surface area contributed by atoms with Crippen molar-refractivity contribution in [2.75, 3.05) is 25.1 Å². The Bertz CT molecular complexity index is 687. The highest BCUT2D eigenvalue weighted by Crippen LogP contribution is 2.31. The first kappa shape index (κ1) is 14.3. The van der Waals surface area contributed by atoms with Crippen LogP contribution >= 0.6 is 0 Å². The van der Waals surface area contributed by atoms with Crippen molar-refractivity contribution in [1.29, 1.82) is 5.26 Å². The molecule has 0 N–H and O–H groups in total. The smallest absolute Gasteiger partial charge is 0.183 e. The number of nitriles is 1. The number of piperidine rings is 1. The lowest BCUT2D eigenvalue weighted by molar-refractivity contribution is 0.412. The van der Waals surface area contributed by atoms with E-state index in [1.165, 1.54) is 5.56 Å². The van der Waals surface area contributed by atoms with Crippen LogP contribution in [-0.4, -0.2) is 30.2 Å². The maximum Gasteiger partial charge on any atom is 0.183 e. The van der Waals surface area contributed by atoms with Crippen molar-refractivity contribution in [3.05, 3.63) is 47.9 Å². The molecule has 2 aromatic rings. The minimum atomic E-state index is 0.405. The van der Waals surface area contributed by atoms with Gasteiger partial charge in [-0.05, 0) is 36.5 Å². The summed E-state index contributed by atoms with van der Waals surface area (Å²) in [6.07, 6.45) is 5.28.